The first-order chi connectivity index (χ1) is 11.9. The highest BCUT2D eigenvalue weighted by Crippen LogP contribution is 2.15. The van der Waals surface area contributed by atoms with Crippen molar-refractivity contribution < 1.29 is 24.2 Å². The van der Waals surface area contributed by atoms with Gasteiger partial charge in [0.25, 0.3) is 11.8 Å². The predicted molar refractivity (Wildman–Crippen MR) is 81.7 cm³/mol. The van der Waals surface area contributed by atoms with Crippen LogP contribution < -0.4 is 5.32 Å². The molecule has 0 atom stereocenters. The third-order valence-electron chi connectivity index (χ3n) is 3.48. The minimum Gasteiger partial charge on any atom is -0.489 e. The third kappa shape index (κ3) is 3.09. The number of aromatic hydroxyl groups is 1. The Morgan fingerprint density at radius 1 is 1.32 bits per heavy atom. The van der Waals surface area contributed by atoms with Crippen LogP contribution in [0.2, 0.25) is 0 Å². The molecular weight excluding hydrogens is 333 g/mol. The average molecular weight is 345 g/mol. The van der Waals surface area contributed by atoms with Crippen molar-refractivity contribution in [3.63, 3.8) is 0 Å². The van der Waals surface area contributed by atoms with Gasteiger partial charge in [-0.1, -0.05) is 22.4 Å². The zero-order valence-corrected chi connectivity index (χ0v) is 12.9. The second-order valence-corrected chi connectivity index (χ2v) is 5.25. The van der Waals surface area contributed by atoms with Crippen molar-refractivity contribution in [2.24, 2.45) is 0 Å². The molecule has 0 aliphatic rings. The number of halogens is 1. The molecule has 0 radical (unpaired) electrons. The molecule has 0 bridgehead atoms. The van der Waals surface area contributed by atoms with Crippen LogP contribution in [0.4, 0.5) is 4.39 Å². The Labute approximate surface area is 139 Å². The summed E-state index contributed by atoms with van der Waals surface area (Å²) in [5.74, 6) is -2.96. The van der Waals surface area contributed by atoms with Gasteiger partial charge in [-0.25, -0.2) is 14.2 Å². The first-order valence-corrected chi connectivity index (χ1v) is 7.08. The maximum absolute atomic E-state index is 13.2. The number of aromatic nitrogens is 4. The summed E-state index contributed by atoms with van der Waals surface area (Å²) in [7, 11) is 0. The fourth-order valence-corrected chi connectivity index (χ4v) is 2.22. The molecule has 9 nitrogen and oxygen atoms in total. The van der Waals surface area contributed by atoms with Gasteiger partial charge in [0.05, 0.1) is 0 Å². The quantitative estimate of drug-likeness (QED) is 0.640. The number of aromatic carboxylic acids is 1. The van der Waals surface area contributed by atoms with Gasteiger partial charge in [0.2, 0.25) is 5.65 Å². The van der Waals surface area contributed by atoms with E-state index in [1.54, 1.807) is 13.0 Å². The number of carboxylic acid groups (broad SMARTS) is 1. The lowest BCUT2D eigenvalue weighted by atomic mass is 10.1. The number of amides is 1. The maximum atomic E-state index is 13.2. The normalized spacial score (nSPS) is 10.8. The summed E-state index contributed by atoms with van der Waals surface area (Å²) < 4.78 is 14.1. The molecule has 0 saturated carbocycles. The summed E-state index contributed by atoms with van der Waals surface area (Å²) in [5, 5.41) is 28.1. The maximum Gasteiger partial charge on any atom is 0.354 e. The third-order valence-corrected chi connectivity index (χ3v) is 3.48. The molecule has 0 aliphatic heterocycles. The molecule has 1 amide bonds. The van der Waals surface area contributed by atoms with Crippen molar-refractivity contribution in [1.29, 1.82) is 0 Å². The molecule has 1 aromatic carbocycles. The minimum absolute atomic E-state index is 0.0959. The van der Waals surface area contributed by atoms with E-state index in [4.69, 9.17) is 0 Å². The Bertz CT molecular complexity index is 1000. The summed E-state index contributed by atoms with van der Waals surface area (Å²) in [6.45, 7) is 1.70. The molecule has 3 N–H and O–H groups in total. The molecule has 3 rings (SSSR count). The number of fused-ring (bicyclic) bond motifs is 1. The van der Waals surface area contributed by atoms with Gasteiger partial charge in [-0.05, 0) is 24.1 Å². The lowest BCUT2D eigenvalue weighted by Crippen LogP contribution is -2.25. The van der Waals surface area contributed by atoms with E-state index in [2.05, 4.69) is 20.6 Å². The van der Waals surface area contributed by atoms with Crippen molar-refractivity contribution in [2.75, 3.05) is 0 Å². The number of carboxylic acids is 1. The molecule has 128 valence electrons. The van der Waals surface area contributed by atoms with Gasteiger partial charge in [0.15, 0.2) is 5.69 Å². The van der Waals surface area contributed by atoms with Gasteiger partial charge >= 0.3 is 5.97 Å². The fourth-order valence-electron chi connectivity index (χ4n) is 2.22. The molecule has 25 heavy (non-hydrogen) atoms. The monoisotopic (exact) mass is 345 g/mol. The number of carbonyl (C=O) groups is 2. The molecule has 0 fully saturated rings. The van der Waals surface area contributed by atoms with Gasteiger partial charge in [0.1, 0.15) is 11.5 Å². The highest BCUT2D eigenvalue weighted by atomic mass is 19.1. The molecule has 0 unspecified atom stereocenters. The summed E-state index contributed by atoms with van der Waals surface area (Å²) in [6, 6.07) is 5.42. The van der Waals surface area contributed by atoms with E-state index in [1.165, 1.54) is 12.1 Å². The minimum atomic E-state index is -1.36. The van der Waals surface area contributed by atoms with Crippen LogP contribution in [0.5, 0.6) is 5.88 Å². The van der Waals surface area contributed by atoms with Crippen molar-refractivity contribution in [3.05, 3.63) is 52.6 Å². The summed E-state index contributed by atoms with van der Waals surface area (Å²) in [5.41, 5.74) is 0.264. The lowest BCUT2D eigenvalue weighted by molar-refractivity contribution is 0.0687. The first-order valence-electron chi connectivity index (χ1n) is 7.08. The highest BCUT2D eigenvalue weighted by molar-refractivity contribution is 5.96. The summed E-state index contributed by atoms with van der Waals surface area (Å²) >= 11 is 0. The van der Waals surface area contributed by atoms with E-state index in [1.807, 2.05) is 0 Å². The molecule has 0 aliphatic carbocycles. The van der Waals surface area contributed by atoms with Crippen LogP contribution in [-0.2, 0) is 6.54 Å². The number of carbonyl (C=O) groups excluding carboxylic acids is 1. The van der Waals surface area contributed by atoms with Gasteiger partial charge in [0, 0.05) is 12.6 Å². The lowest BCUT2D eigenvalue weighted by Gasteiger charge is -2.07. The van der Waals surface area contributed by atoms with Crippen molar-refractivity contribution in [1.82, 2.24) is 25.1 Å². The van der Waals surface area contributed by atoms with Gasteiger partial charge in [-0.2, -0.15) is 4.52 Å². The van der Waals surface area contributed by atoms with Crippen LogP contribution in [-0.4, -0.2) is 41.9 Å². The van der Waals surface area contributed by atoms with Gasteiger partial charge < -0.3 is 15.5 Å². The second-order valence-electron chi connectivity index (χ2n) is 5.25. The van der Waals surface area contributed by atoms with Gasteiger partial charge in [-0.15, -0.1) is 0 Å². The first kappa shape index (κ1) is 16.3. The van der Waals surface area contributed by atoms with E-state index in [-0.39, 0.29) is 29.4 Å². The molecule has 2 heterocycles. The SMILES string of the molecule is Cc1cc(CNC(=O)c2cc(C(=O)O)n3nnc(O)c3n2)ccc1F. The zero-order valence-electron chi connectivity index (χ0n) is 12.9. The van der Waals surface area contributed by atoms with Crippen molar-refractivity contribution in [3.8, 4) is 5.88 Å². The van der Waals surface area contributed by atoms with Gasteiger partial charge in [-0.3, -0.25) is 4.79 Å². The van der Waals surface area contributed by atoms with Crippen LogP contribution in [0.1, 0.15) is 32.1 Å². The molecule has 2 aromatic heterocycles. The Kier molecular flexibility index (Phi) is 4.01. The summed E-state index contributed by atoms with van der Waals surface area (Å²) in [4.78, 5) is 27.4. The molecule has 0 spiro atoms. The Hall–Kier alpha value is -3.56. The Morgan fingerprint density at radius 2 is 2.08 bits per heavy atom. The number of nitrogens with one attached hydrogen (secondary N) is 1. The average Bonchev–Trinajstić information content (AvgIpc) is 2.96. The van der Waals surface area contributed by atoms with E-state index >= 15 is 0 Å². The predicted octanol–water partition coefficient (Wildman–Crippen LogP) is 0.906. The molecule has 3 aromatic rings. The topological polar surface area (TPSA) is 130 Å². The van der Waals surface area contributed by atoms with E-state index in [9.17, 15) is 24.2 Å². The number of nitrogens with zero attached hydrogens (tertiary/aromatic N) is 4. The van der Waals surface area contributed by atoms with E-state index in [0.717, 1.165) is 10.6 Å². The number of hydrogen-bond acceptors (Lipinski definition) is 6. The number of aryl methyl sites for hydroxylation is 1. The molecule has 10 heteroatoms. The van der Waals surface area contributed by atoms with Crippen LogP contribution in [0.25, 0.3) is 5.65 Å². The van der Waals surface area contributed by atoms with Crippen LogP contribution in [0.3, 0.4) is 0 Å². The van der Waals surface area contributed by atoms with Crippen LogP contribution >= 0.6 is 0 Å². The van der Waals surface area contributed by atoms with Crippen molar-refractivity contribution in [2.45, 2.75) is 13.5 Å². The zero-order chi connectivity index (χ0) is 18.1. The fraction of sp³-hybridized carbons (Fsp3) is 0.133. The van der Waals surface area contributed by atoms with Crippen molar-refractivity contribution >= 4 is 17.5 Å². The highest BCUT2D eigenvalue weighted by Gasteiger charge is 2.20. The van der Waals surface area contributed by atoms with Crippen LogP contribution in [0, 0.1) is 12.7 Å². The van der Waals surface area contributed by atoms with E-state index in [0.29, 0.717) is 11.1 Å². The summed E-state index contributed by atoms with van der Waals surface area (Å²) in [6.07, 6.45) is 0. The molecule has 0 saturated heterocycles. The number of benzene rings is 1. The smallest absolute Gasteiger partial charge is 0.354 e. The molecular formula is C15H12FN5O4. The van der Waals surface area contributed by atoms with E-state index < -0.39 is 17.8 Å². The largest absolute Gasteiger partial charge is 0.489 e. The van der Waals surface area contributed by atoms with Crippen LogP contribution in [0.15, 0.2) is 24.3 Å². The number of hydrogen-bond donors (Lipinski definition) is 3. The Balaban J connectivity index is 1.87. The standard InChI is InChI=1S/C15H12FN5O4/c1-7-4-8(2-3-9(7)16)6-17-13(22)10-5-11(15(24)25)21-12(18-10)14(23)19-20-21/h2-5,23H,6H2,1H3,(H,17,22)(H,24,25). The second kappa shape index (κ2) is 6.15. The number of rotatable bonds is 4. The Morgan fingerprint density at radius 3 is 2.76 bits per heavy atom.